The third-order valence-electron chi connectivity index (χ3n) is 2.95. The van der Waals surface area contributed by atoms with Gasteiger partial charge in [-0.1, -0.05) is 6.08 Å². The van der Waals surface area contributed by atoms with Crippen molar-refractivity contribution in [3.8, 4) is 0 Å². The quantitative estimate of drug-likeness (QED) is 0.699. The van der Waals surface area contributed by atoms with Crippen LogP contribution in [0.3, 0.4) is 0 Å². The maximum absolute atomic E-state index is 11.1. The molecular formula is C9H13NO4S. The Balaban J connectivity index is 1.90. The van der Waals surface area contributed by atoms with Crippen LogP contribution >= 0.6 is 0 Å². The molecule has 15 heavy (non-hydrogen) atoms. The number of hydrogen-bond donors (Lipinski definition) is 2. The average molecular weight is 231 g/mol. The standard InChI is InChI=1S/C9H13NO4S/c11-9(12)7-1-2-8(7)10-6-3-4-15(13,14)5-6/h3-4,6-8,10H,1-2,5H2,(H,11,12). The fourth-order valence-electron chi connectivity index (χ4n) is 1.95. The zero-order valence-corrected chi connectivity index (χ0v) is 8.90. The van der Waals surface area contributed by atoms with Gasteiger partial charge in [-0.25, -0.2) is 8.42 Å². The molecule has 2 rings (SSSR count). The first kappa shape index (κ1) is 10.6. The summed E-state index contributed by atoms with van der Waals surface area (Å²) in [4.78, 5) is 10.7. The van der Waals surface area contributed by atoms with Crippen molar-refractivity contribution in [2.45, 2.75) is 24.9 Å². The average Bonchev–Trinajstić information content (AvgIpc) is 2.38. The minimum Gasteiger partial charge on any atom is -0.481 e. The highest BCUT2D eigenvalue weighted by Crippen LogP contribution is 2.28. The van der Waals surface area contributed by atoms with Crippen LogP contribution in [0.5, 0.6) is 0 Å². The van der Waals surface area contributed by atoms with Crippen LogP contribution in [0.15, 0.2) is 11.5 Å². The number of nitrogens with one attached hydrogen (secondary N) is 1. The van der Waals surface area contributed by atoms with Crippen molar-refractivity contribution in [3.05, 3.63) is 11.5 Å². The van der Waals surface area contributed by atoms with Crippen LogP contribution in [-0.2, 0) is 14.6 Å². The number of hydrogen-bond acceptors (Lipinski definition) is 4. The van der Waals surface area contributed by atoms with Crippen LogP contribution in [0.2, 0.25) is 0 Å². The molecule has 0 radical (unpaired) electrons. The normalized spacial score (nSPS) is 37.5. The van der Waals surface area contributed by atoms with Gasteiger partial charge in [0.25, 0.3) is 0 Å². The van der Waals surface area contributed by atoms with Crippen molar-refractivity contribution in [2.24, 2.45) is 5.92 Å². The Morgan fingerprint density at radius 1 is 1.40 bits per heavy atom. The number of rotatable bonds is 3. The molecule has 0 aromatic rings. The summed E-state index contributed by atoms with van der Waals surface area (Å²) in [6.45, 7) is 0. The number of carbonyl (C=O) groups is 1. The van der Waals surface area contributed by atoms with Crippen LogP contribution in [-0.4, -0.2) is 37.3 Å². The molecule has 1 aliphatic heterocycles. The van der Waals surface area contributed by atoms with Crippen molar-refractivity contribution < 1.29 is 18.3 Å². The summed E-state index contributed by atoms with van der Waals surface area (Å²) in [5.74, 6) is -1.11. The van der Waals surface area contributed by atoms with Gasteiger partial charge in [-0.15, -0.1) is 0 Å². The van der Waals surface area contributed by atoms with Gasteiger partial charge >= 0.3 is 5.97 Å². The molecule has 3 atom stereocenters. The van der Waals surface area contributed by atoms with Crippen LogP contribution in [0.1, 0.15) is 12.8 Å². The molecule has 1 aliphatic carbocycles. The van der Waals surface area contributed by atoms with Gasteiger partial charge in [-0.3, -0.25) is 4.79 Å². The minimum atomic E-state index is -3.05. The Morgan fingerprint density at radius 3 is 2.53 bits per heavy atom. The highest BCUT2D eigenvalue weighted by Gasteiger charge is 2.38. The molecule has 1 fully saturated rings. The van der Waals surface area contributed by atoms with Gasteiger partial charge in [0.05, 0.1) is 11.7 Å². The zero-order valence-electron chi connectivity index (χ0n) is 8.09. The van der Waals surface area contributed by atoms with E-state index in [4.69, 9.17) is 5.11 Å². The van der Waals surface area contributed by atoms with Gasteiger partial charge < -0.3 is 10.4 Å². The minimum absolute atomic E-state index is 0.0514. The third-order valence-corrected chi connectivity index (χ3v) is 4.35. The third kappa shape index (κ3) is 2.21. The monoisotopic (exact) mass is 231 g/mol. The maximum atomic E-state index is 11.1. The van der Waals surface area contributed by atoms with E-state index in [1.54, 1.807) is 6.08 Å². The molecule has 0 bridgehead atoms. The van der Waals surface area contributed by atoms with Crippen molar-refractivity contribution in [3.63, 3.8) is 0 Å². The Hall–Kier alpha value is -0.880. The van der Waals surface area contributed by atoms with E-state index in [1.807, 2.05) is 0 Å². The van der Waals surface area contributed by atoms with Crippen LogP contribution in [0, 0.1) is 5.92 Å². The van der Waals surface area contributed by atoms with E-state index in [9.17, 15) is 13.2 Å². The smallest absolute Gasteiger partial charge is 0.308 e. The molecule has 5 nitrogen and oxygen atoms in total. The lowest BCUT2D eigenvalue weighted by atomic mass is 9.79. The number of carboxylic acids is 1. The number of sulfone groups is 1. The molecule has 84 valence electrons. The molecule has 1 saturated carbocycles. The van der Waals surface area contributed by atoms with E-state index in [2.05, 4.69) is 5.32 Å². The second kappa shape index (κ2) is 3.61. The Kier molecular flexibility index (Phi) is 2.56. The lowest BCUT2D eigenvalue weighted by Gasteiger charge is -2.35. The second-order valence-corrected chi connectivity index (χ2v) is 5.99. The summed E-state index contributed by atoms with van der Waals surface area (Å²) < 4.78 is 22.2. The van der Waals surface area contributed by atoms with Crippen LogP contribution < -0.4 is 5.32 Å². The van der Waals surface area contributed by atoms with E-state index < -0.39 is 15.8 Å². The van der Waals surface area contributed by atoms with Crippen molar-refractivity contribution in [2.75, 3.05) is 5.75 Å². The van der Waals surface area contributed by atoms with Crippen molar-refractivity contribution >= 4 is 15.8 Å². The van der Waals surface area contributed by atoms with E-state index in [1.165, 1.54) is 5.41 Å². The summed E-state index contributed by atoms with van der Waals surface area (Å²) in [6.07, 6.45) is 3.07. The SMILES string of the molecule is O=C(O)C1CCC1NC1C=CS(=O)(=O)C1. The molecular weight excluding hydrogens is 218 g/mol. The fourth-order valence-corrected chi connectivity index (χ4v) is 3.20. The highest BCUT2D eigenvalue weighted by molar-refractivity contribution is 7.94. The molecule has 3 unspecified atom stereocenters. The van der Waals surface area contributed by atoms with E-state index >= 15 is 0 Å². The molecule has 1 heterocycles. The highest BCUT2D eigenvalue weighted by atomic mass is 32.2. The summed E-state index contributed by atoms with van der Waals surface area (Å²) in [6, 6.07) is -0.299. The van der Waals surface area contributed by atoms with E-state index in [-0.39, 0.29) is 23.8 Å². The van der Waals surface area contributed by atoms with Gasteiger partial charge in [0.15, 0.2) is 9.84 Å². The number of carboxylic acid groups (broad SMARTS) is 1. The van der Waals surface area contributed by atoms with Gasteiger partial charge in [0.1, 0.15) is 0 Å². The predicted octanol–water partition coefficient (Wildman–Crippen LogP) is -0.250. The van der Waals surface area contributed by atoms with E-state index in [0.29, 0.717) is 6.42 Å². The molecule has 0 aromatic heterocycles. The van der Waals surface area contributed by atoms with Crippen molar-refractivity contribution in [1.82, 2.24) is 5.32 Å². The van der Waals surface area contributed by atoms with Crippen LogP contribution in [0.4, 0.5) is 0 Å². The van der Waals surface area contributed by atoms with Gasteiger partial charge in [-0.2, -0.15) is 0 Å². The first-order valence-corrected chi connectivity index (χ1v) is 6.59. The fraction of sp³-hybridized carbons (Fsp3) is 0.667. The van der Waals surface area contributed by atoms with Gasteiger partial charge in [0.2, 0.25) is 0 Å². The first-order valence-electron chi connectivity index (χ1n) is 4.88. The summed E-state index contributed by atoms with van der Waals surface area (Å²) >= 11 is 0. The van der Waals surface area contributed by atoms with Gasteiger partial charge in [0, 0.05) is 17.5 Å². The Labute approximate surface area is 88.1 Å². The molecule has 2 N–H and O–H groups in total. The van der Waals surface area contributed by atoms with Crippen molar-refractivity contribution in [1.29, 1.82) is 0 Å². The Bertz CT molecular complexity index is 400. The maximum Gasteiger partial charge on any atom is 0.308 e. The lowest BCUT2D eigenvalue weighted by Crippen LogP contribution is -2.51. The first-order chi connectivity index (χ1) is 6.98. The molecule has 6 heteroatoms. The molecule has 0 saturated heterocycles. The topological polar surface area (TPSA) is 83.5 Å². The second-order valence-electron chi connectivity index (χ2n) is 4.06. The largest absolute Gasteiger partial charge is 0.481 e. The summed E-state index contributed by atoms with van der Waals surface area (Å²) in [5, 5.41) is 13.1. The summed E-state index contributed by atoms with van der Waals surface area (Å²) in [7, 11) is -3.05. The molecule has 0 amide bonds. The summed E-state index contributed by atoms with van der Waals surface area (Å²) in [5.41, 5.74) is 0. The molecule has 0 aromatic carbocycles. The predicted molar refractivity (Wildman–Crippen MR) is 54.0 cm³/mol. The molecule has 0 spiro atoms. The van der Waals surface area contributed by atoms with E-state index in [0.717, 1.165) is 6.42 Å². The lowest BCUT2D eigenvalue weighted by molar-refractivity contribution is -0.146. The van der Waals surface area contributed by atoms with Crippen LogP contribution in [0.25, 0.3) is 0 Å². The molecule has 2 aliphatic rings. The zero-order chi connectivity index (χ0) is 11.1. The Morgan fingerprint density at radius 2 is 2.13 bits per heavy atom. The number of aliphatic carboxylic acids is 1. The van der Waals surface area contributed by atoms with Gasteiger partial charge in [-0.05, 0) is 12.8 Å².